The minimum Gasteiger partial charge on any atom is -0.322 e. The lowest BCUT2D eigenvalue weighted by atomic mass is 10.2. The smallest absolute Gasteiger partial charge is 0.250 e. The molecule has 76 valence electrons. The standard InChI is InChI=1S/C12H17NO/c1-6-7-8-11(9(2)3)13-12(14)10(4)5/h6-8H,2,4H2,1,3,5H3,(H,13,14)/b7-6-,11-8+. The molecule has 0 rings (SSSR count). The number of hydrogen-bond donors (Lipinski definition) is 1. The highest BCUT2D eigenvalue weighted by molar-refractivity contribution is 5.93. The average Bonchev–Trinajstić information content (AvgIpc) is 2.10. The van der Waals surface area contributed by atoms with Gasteiger partial charge >= 0.3 is 0 Å². The third-order valence-electron chi connectivity index (χ3n) is 1.55. The van der Waals surface area contributed by atoms with E-state index >= 15 is 0 Å². The van der Waals surface area contributed by atoms with E-state index in [9.17, 15) is 4.79 Å². The maximum absolute atomic E-state index is 11.3. The van der Waals surface area contributed by atoms with Crippen LogP contribution >= 0.6 is 0 Å². The van der Waals surface area contributed by atoms with Gasteiger partial charge < -0.3 is 5.32 Å². The van der Waals surface area contributed by atoms with Crippen molar-refractivity contribution in [2.45, 2.75) is 20.8 Å². The Balaban J connectivity index is 4.63. The highest BCUT2D eigenvalue weighted by Gasteiger charge is 2.04. The minimum absolute atomic E-state index is 0.177. The van der Waals surface area contributed by atoms with Crippen molar-refractivity contribution in [3.63, 3.8) is 0 Å². The third-order valence-corrected chi connectivity index (χ3v) is 1.55. The zero-order valence-electron chi connectivity index (χ0n) is 9.05. The summed E-state index contributed by atoms with van der Waals surface area (Å²) in [4.78, 5) is 11.3. The monoisotopic (exact) mass is 191 g/mol. The van der Waals surface area contributed by atoms with Gasteiger partial charge in [-0.1, -0.05) is 25.3 Å². The number of amides is 1. The molecule has 0 aliphatic carbocycles. The molecule has 2 nitrogen and oxygen atoms in total. The van der Waals surface area contributed by atoms with Crippen LogP contribution in [0.2, 0.25) is 0 Å². The lowest BCUT2D eigenvalue weighted by Crippen LogP contribution is -2.23. The van der Waals surface area contributed by atoms with Crippen LogP contribution in [0.15, 0.2) is 48.2 Å². The zero-order valence-corrected chi connectivity index (χ0v) is 9.05. The Bertz CT molecular complexity index is 308. The average molecular weight is 191 g/mol. The van der Waals surface area contributed by atoms with Crippen molar-refractivity contribution in [3.8, 4) is 0 Å². The van der Waals surface area contributed by atoms with E-state index in [1.807, 2.05) is 32.1 Å². The second kappa shape index (κ2) is 5.97. The molecule has 0 bridgehead atoms. The predicted octanol–water partition coefficient (Wildman–Crippen LogP) is 2.71. The summed E-state index contributed by atoms with van der Waals surface area (Å²) in [6.45, 7) is 12.8. The van der Waals surface area contributed by atoms with Gasteiger partial charge in [0, 0.05) is 11.3 Å². The van der Waals surface area contributed by atoms with Gasteiger partial charge in [0.15, 0.2) is 0 Å². The molecule has 0 aliphatic rings. The summed E-state index contributed by atoms with van der Waals surface area (Å²) < 4.78 is 0. The molecule has 14 heavy (non-hydrogen) atoms. The molecule has 0 aromatic rings. The Morgan fingerprint density at radius 2 is 1.79 bits per heavy atom. The fourth-order valence-electron chi connectivity index (χ4n) is 0.712. The van der Waals surface area contributed by atoms with Gasteiger partial charge in [-0.2, -0.15) is 0 Å². The van der Waals surface area contributed by atoms with Gasteiger partial charge in [-0.05, 0) is 32.4 Å². The predicted molar refractivity (Wildman–Crippen MR) is 60.7 cm³/mol. The van der Waals surface area contributed by atoms with E-state index in [0.717, 1.165) is 11.3 Å². The van der Waals surface area contributed by atoms with Crippen LogP contribution in [-0.2, 0) is 4.79 Å². The first-order valence-electron chi connectivity index (χ1n) is 4.44. The van der Waals surface area contributed by atoms with Gasteiger partial charge in [-0.25, -0.2) is 0 Å². The van der Waals surface area contributed by atoms with E-state index in [-0.39, 0.29) is 5.91 Å². The molecule has 0 aromatic heterocycles. The topological polar surface area (TPSA) is 29.1 Å². The number of carbonyl (C=O) groups excluding carboxylic acids is 1. The summed E-state index contributed by atoms with van der Waals surface area (Å²) in [5, 5.41) is 2.72. The summed E-state index contributed by atoms with van der Waals surface area (Å²) in [6.07, 6.45) is 5.54. The van der Waals surface area contributed by atoms with Crippen LogP contribution in [0, 0.1) is 0 Å². The van der Waals surface area contributed by atoms with Crippen molar-refractivity contribution in [1.29, 1.82) is 0 Å². The maximum Gasteiger partial charge on any atom is 0.250 e. The van der Waals surface area contributed by atoms with Gasteiger partial charge in [0.05, 0.1) is 0 Å². The molecule has 0 saturated heterocycles. The molecule has 0 radical (unpaired) electrons. The molecule has 0 aliphatic heterocycles. The highest BCUT2D eigenvalue weighted by atomic mass is 16.1. The molecule has 0 heterocycles. The van der Waals surface area contributed by atoms with Crippen molar-refractivity contribution in [1.82, 2.24) is 5.32 Å². The molecule has 0 aromatic carbocycles. The highest BCUT2D eigenvalue weighted by Crippen LogP contribution is 2.04. The first-order chi connectivity index (χ1) is 6.49. The normalized spacial score (nSPS) is 11.5. The maximum atomic E-state index is 11.3. The summed E-state index contributed by atoms with van der Waals surface area (Å²) in [5.74, 6) is -0.177. The van der Waals surface area contributed by atoms with Crippen LogP contribution in [0.5, 0.6) is 0 Å². The molecule has 0 unspecified atom stereocenters. The van der Waals surface area contributed by atoms with E-state index in [0.29, 0.717) is 5.57 Å². The Morgan fingerprint density at radius 1 is 1.21 bits per heavy atom. The Hall–Kier alpha value is -1.57. The molecule has 0 atom stereocenters. The van der Waals surface area contributed by atoms with Crippen molar-refractivity contribution in [3.05, 3.63) is 48.2 Å². The molecule has 1 N–H and O–H groups in total. The Labute approximate surface area is 85.7 Å². The van der Waals surface area contributed by atoms with Crippen molar-refractivity contribution < 1.29 is 4.79 Å². The SMILES string of the molecule is C=C(C)C(=O)N/C(=C/C=C\C)C(=C)C. The number of rotatable bonds is 4. The van der Waals surface area contributed by atoms with Crippen molar-refractivity contribution in [2.75, 3.05) is 0 Å². The van der Waals surface area contributed by atoms with Gasteiger partial charge in [0.25, 0.3) is 5.91 Å². The number of hydrogen-bond acceptors (Lipinski definition) is 1. The molecule has 0 saturated carbocycles. The second-order valence-electron chi connectivity index (χ2n) is 3.12. The summed E-state index contributed by atoms with van der Waals surface area (Å²) in [6, 6.07) is 0. The first-order valence-corrected chi connectivity index (χ1v) is 4.44. The molecule has 2 heteroatoms. The molecule has 0 spiro atoms. The summed E-state index contributed by atoms with van der Waals surface area (Å²) in [5.41, 5.74) is 2.02. The van der Waals surface area contributed by atoms with Crippen molar-refractivity contribution in [2.24, 2.45) is 0 Å². The summed E-state index contributed by atoms with van der Waals surface area (Å²) in [7, 11) is 0. The van der Waals surface area contributed by atoms with Crippen LogP contribution < -0.4 is 5.32 Å². The van der Waals surface area contributed by atoms with E-state index in [1.54, 1.807) is 6.92 Å². The van der Waals surface area contributed by atoms with Gasteiger partial charge in [0.2, 0.25) is 0 Å². The number of carbonyl (C=O) groups is 1. The van der Waals surface area contributed by atoms with Gasteiger partial charge in [-0.3, -0.25) is 4.79 Å². The minimum atomic E-state index is -0.177. The molecular formula is C12H17NO. The van der Waals surface area contributed by atoms with Crippen LogP contribution in [0.3, 0.4) is 0 Å². The fourth-order valence-corrected chi connectivity index (χ4v) is 0.712. The Kier molecular flexibility index (Phi) is 5.30. The van der Waals surface area contributed by atoms with Crippen LogP contribution in [-0.4, -0.2) is 5.91 Å². The van der Waals surface area contributed by atoms with Crippen LogP contribution in [0.25, 0.3) is 0 Å². The number of allylic oxidation sites excluding steroid dienone is 4. The largest absolute Gasteiger partial charge is 0.322 e. The first kappa shape index (κ1) is 12.4. The second-order valence-corrected chi connectivity index (χ2v) is 3.12. The van der Waals surface area contributed by atoms with Crippen molar-refractivity contribution >= 4 is 5.91 Å². The number of nitrogens with one attached hydrogen (secondary N) is 1. The summed E-state index contributed by atoms with van der Waals surface area (Å²) >= 11 is 0. The van der Waals surface area contributed by atoms with Crippen LogP contribution in [0.4, 0.5) is 0 Å². The molecule has 0 fully saturated rings. The quantitative estimate of drug-likeness (QED) is 0.537. The lowest BCUT2D eigenvalue weighted by molar-refractivity contribution is -0.116. The molecule has 1 amide bonds. The van der Waals surface area contributed by atoms with Crippen LogP contribution in [0.1, 0.15) is 20.8 Å². The lowest BCUT2D eigenvalue weighted by Gasteiger charge is -2.08. The Morgan fingerprint density at radius 3 is 2.14 bits per heavy atom. The van der Waals surface area contributed by atoms with E-state index < -0.39 is 0 Å². The van der Waals surface area contributed by atoms with Gasteiger partial charge in [0.1, 0.15) is 0 Å². The van der Waals surface area contributed by atoms with E-state index in [1.165, 1.54) is 0 Å². The van der Waals surface area contributed by atoms with Gasteiger partial charge in [-0.15, -0.1) is 0 Å². The fraction of sp³-hybridized carbons (Fsp3) is 0.250. The zero-order chi connectivity index (χ0) is 11.1. The molecular weight excluding hydrogens is 174 g/mol. The van der Waals surface area contributed by atoms with E-state index in [2.05, 4.69) is 18.5 Å². The third kappa shape index (κ3) is 4.45. The van der Waals surface area contributed by atoms with E-state index in [4.69, 9.17) is 0 Å².